The van der Waals surface area contributed by atoms with Crippen molar-refractivity contribution >= 4 is 19.7 Å². The van der Waals surface area contributed by atoms with Gasteiger partial charge in [0, 0.05) is 12.8 Å². The van der Waals surface area contributed by atoms with Crippen LogP contribution in [0.4, 0.5) is 0 Å². The maximum absolute atomic E-state index is 13.6. The van der Waals surface area contributed by atoms with Crippen LogP contribution in [0.5, 0.6) is 0 Å². The van der Waals surface area contributed by atoms with Gasteiger partial charge in [0.15, 0.2) is 0 Å². The number of carbonyl (C=O) groups is 2. The summed E-state index contributed by atoms with van der Waals surface area (Å²) in [5.74, 6) is -0.561. The standard InChI is InChI=1S/C73H133N2O7P/c1-7-10-13-16-19-22-25-28-30-32-34-36-37-39-40-42-44-47-50-53-56-59-62-65-72(76)74-70(69-81-83(78,79)80-68-67-75(4,5)6)71(64-61-58-55-52-49-46-27-24-21-18-15-12-9-3)82-73(77)66-63-60-57-54-51-48-45-43-41-38-35-33-31-29-26-23-20-17-14-11-8-2/h10,13,19,22,28,30,34,36,39-40,44,47,61,64,70-71H,7-9,11-12,14-18,20-21,23-27,29,31-33,35,37-38,41-43,45-46,48-60,62-63,65-69H2,1-6H3,(H-,74,76,78,79)/b13-10-,22-19-,30-28-,36-34-,40-39-,47-44-,64-61+. The first-order valence-corrected chi connectivity index (χ1v) is 36.4. The van der Waals surface area contributed by atoms with Gasteiger partial charge in [-0.3, -0.25) is 14.2 Å². The number of unbranched alkanes of at least 4 members (excludes halogenated alkanes) is 35. The van der Waals surface area contributed by atoms with Crippen molar-refractivity contribution in [3.8, 4) is 0 Å². The lowest BCUT2D eigenvalue weighted by atomic mass is 10.0. The molecule has 0 saturated carbocycles. The minimum Gasteiger partial charge on any atom is -0.756 e. The normalized spacial score (nSPS) is 14.1. The van der Waals surface area contributed by atoms with Crippen LogP contribution >= 0.6 is 7.82 Å². The minimum atomic E-state index is -4.71. The average molecular weight is 1180 g/mol. The second-order valence-electron chi connectivity index (χ2n) is 24.7. The Labute approximate surface area is 514 Å². The molecule has 1 amide bonds. The maximum Gasteiger partial charge on any atom is 0.306 e. The molecule has 9 nitrogen and oxygen atoms in total. The van der Waals surface area contributed by atoms with Gasteiger partial charge < -0.3 is 28.5 Å². The number of nitrogens with zero attached hydrogens (tertiary/aromatic N) is 1. The fraction of sp³-hybridized carbons (Fsp3) is 0.781. The zero-order valence-corrected chi connectivity index (χ0v) is 56.0. The molecular formula is C73H133N2O7P. The topological polar surface area (TPSA) is 114 Å². The van der Waals surface area contributed by atoms with Crippen LogP contribution in [-0.4, -0.2) is 69.4 Å². The molecule has 0 bridgehead atoms. The van der Waals surface area contributed by atoms with Crippen molar-refractivity contribution in [2.75, 3.05) is 40.9 Å². The third kappa shape index (κ3) is 63.5. The van der Waals surface area contributed by atoms with E-state index in [4.69, 9.17) is 13.8 Å². The van der Waals surface area contributed by atoms with Gasteiger partial charge in [-0.2, -0.15) is 0 Å². The molecule has 0 aliphatic carbocycles. The third-order valence-electron chi connectivity index (χ3n) is 15.3. The van der Waals surface area contributed by atoms with Crippen molar-refractivity contribution in [1.29, 1.82) is 0 Å². The molecule has 0 radical (unpaired) electrons. The number of likely N-dealkylation sites (N-methyl/N-ethyl adjacent to an activating group) is 1. The Kier molecular flexibility index (Phi) is 60.1. The summed E-state index contributed by atoms with van der Waals surface area (Å²) in [7, 11) is 1.17. The summed E-state index contributed by atoms with van der Waals surface area (Å²) >= 11 is 0. The SMILES string of the molecule is CC/C=C\C/C=C\C/C=C\C/C=C\C/C=C\C/C=C\CCCCCCC(=O)NC(COP(=O)([O-])OCC[N+](C)(C)C)C(/C=C/CCCCCCCCCCCCC)OC(=O)CCCCCCCCCCCCCCCCCCCCCCC. The predicted molar refractivity (Wildman–Crippen MR) is 358 cm³/mol. The second kappa shape index (κ2) is 62.2. The monoisotopic (exact) mass is 1180 g/mol. The highest BCUT2D eigenvalue weighted by molar-refractivity contribution is 7.45. The number of quaternary nitrogens is 1. The van der Waals surface area contributed by atoms with Gasteiger partial charge in [-0.15, -0.1) is 0 Å². The number of phosphoric ester groups is 1. The maximum atomic E-state index is 13.6. The molecule has 0 aliphatic rings. The van der Waals surface area contributed by atoms with E-state index in [-0.39, 0.29) is 31.3 Å². The van der Waals surface area contributed by atoms with Crippen molar-refractivity contribution in [3.63, 3.8) is 0 Å². The number of hydrogen-bond donors (Lipinski definition) is 1. The quantitative estimate of drug-likeness (QED) is 0.0212. The summed E-state index contributed by atoms with van der Waals surface area (Å²) in [5, 5.41) is 3.03. The summed E-state index contributed by atoms with van der Waals surface area (Å²) in [6.07, 6.45) is 82.7. The molecule has 0 aromatic rings. The van der Waals surface area contributed by atoms with Crippen molar-refractivity contribution in [2.24, 2.45) is 0 Å². The zero-order valence-electron chi connectivity index (χ0n) is 55.1. The van der Waals surface area contributed by atoms with Crippen molar-refractivity contribution in [2.45, 2.75) is 328 Å². The van der Waals surface area contributed by atoms with Crippen LogP contribution < -0.4 is 10.2 Å². The molecular weight excluding hydrogens is 1050 g/mol. The summed E-state index contributed by atoms with van der Waals surface area (Å²) < 4.78 is 30.4. The first-order chi connectivity index (χ1) is 40.4. The van der Waals surface area contributed by atoms with Crippen molar-refractivity contribution in [3.05, 3.63) is 85.1 Å². The van der Waals surface area contributed by atoms with Gasteiger partial charge in [0.05, 0.1) is 33.8 Å². The fourth-order valence-electron chi connectivity index (χ4n) is 10.00. The van der Waals surface area contributed by atoms with E-state index in [0.29, 0.717) is 17.4 Å². The first-order valence-electron chi connectivity index (χ1n) is 34.9. The van der Waals surface area contributed by atoms with Crippen LogP contribution in [0.25, 0.3) is 0 Å². The number of ether oxygens (including phenoxy) is 1. The summed E-state index contributed by atoms with van der Waals surface area (Å²) in [6.45, 7) is 6.74. The highest BCUT2D eigenvalue weighted by Crippen LogP contribution is 2.38. The van der Waals surface area contributed by atoms with Crippen molar-refractivity contribution in [1.82, 2.24) is 5.32 Å². The van der Waals surface area contributed by atoms with Gasteiger partial charge in [0.1, 0.15) is 19.3 Å². The molecule has 482 valence electrons. The summed E-state index contributed by atoms with van der Waals surface area (Å²) in [4.78, 5) is 40.2. The molecule has 0 saturated heterocycles. The molecule has 0 aromatic carbocycles. The Morgan fingerprint density at radius 3 is 1.16 bits per heavy atom. The van der Waals surface area contributed by atoms with E-state index in [9.17, 15) is 19.0 Å². The molecule has 0 spiro atoms. The van der Waals surface area contributed by atoms with E-state index < -0.39 is 26.6 Å². The number of rotatable bonds is 63. The van der Waals surface area contributed by atoms with E-state index in [0.717, 1.165) is 103 Å². The van der Waals surface area contributed by atoms with E-state index in [1.165, 1.54) is 173 Å². The van der Waals surface area contributed by atoms with E-state index >= 15 is 0 Å². The number of allylic oxidation sites excluding steroid dienone is 13. The Balaban J connectivity index is 5.20. The van der Waals surface area contributed by atoms with Crippen LogP contribution in [0, 0.1) is 0 Å². The number of esters is 1. The van der Waals surface area contributed by atoms with Gasteiger partial charge in [-0.05, 0) is 83.1 Å². The van der Waals surface area contributed by atoms with Crippen LogP contribution in [-0.2, 0) is 27.9 Å². The van der Waals surface area contributed by atoms with E-state index in [1.54, 1.807) is 0 Å². The van der Waals surface area contributed by atoms with Gasteiger partial charge in [0.2, 0.25) is 5.91 Å². The minimum absolute atomic E-state index is 0.0296. The van der Waals surface area contributed by atoms with Crippen LogP contribution in [0.3, 0.4) is 0 Å². The Morgan fingerprint density at radius 2 is 0.771 bits per heavy atom. The number of nitrogens with one attached hydrogen (secondary N) is 1. The lowest BCUT2D eigenvalue weighted by Crippen LogP contribution is -2.47. The smallest absolute Gasteiger partial charge is 0.306 e. The zero-order chi connectivity index (χ0) is 60.7. The highest BCUT2D eigenvalue weighted by atomic mass is 31.2. The number of hydrogen-bond acceptors (Lipinski definition) is 7. The Hall–Kier alpha value is -2.81. The number of amides is 1. The largest absolute Gasteiger partial charge is 0.756 e. The van der Waals surface area contributed by atoms with Crippen LogP contribution in [0.2, 0.25) is 0 Å². The summed E-state index contributed by atoms with van der Waals surface area (Å²) in [6, 6.07) is -0.905. The second-order valence-corrected chi connectivity index (χ2v) is 26.1. The fourth-order valence-corrected chi connectivity index (χ4v) is 10.7. The van der Waals surface area contributed by atoms with E-state index in [2.05, 4.69) is 99.0 Å². The number of carbonyl (C=O) groups excluding carboxylic acids is 2. The Morgan fingerprint density at radius 1 is 0.434 bits per heavy atom. The lowest BCUT2D eigenvalue weighted by molar-refractivity contribution is -0.870. The van der Waals surface area contributed by atoms with Gasteiger partial charge >= 0.3 is 5.97 Å². The van der Waals surface area contributed by atoms with Crippen molar-refractivity contribution < 1.29 is 37.3 Å². The first kappa shape index (κ1) is 80.2. The van der Waals surface area contributed by atoms with Gasteiger partial charge in [0.25, 0.3) is 7.82 Å². The predicted octanol–water partition coefficient (Wildman–Crippen LogP) is 21.5. The Bertz CT molecular complexity index is 1700. The van der Waals surface area contributed by atoms with Gasteiger partial charge in [-0.25, -0.2) is 0 Å². The molecule has 83 heavy (non-hydrogen) atoms. The molecule has 10 heteroatoms. The average Bonchev–Trinajstić information content (AvgIpc) is 3.46. The lowest BCUT2D eigenvalue weighted by Gasteiger charge is -2.30. The molecule has 3 atom stereocenters. The molecule has 0 fully saturated rings. The number of phosphoric acid groups is 1. The third-order valence-corrected chi connectivity index (χ3v) is 16.3. The molecule has 1 N–H and O–H groups in total. The van der Waals surface area contributed by atoms with Crippen LogP contribution in [0.1, 0.15) is 316 Å². The molecule has 0 heterocycles. The van der Waals surface area contributed by atoms with E-state index in [1.807, 2.05) is 33.3 Å². The highest BCUT2D eigenvalue weighted by Gasteiger charge is 2.27. The molecule has 0 rings (SSSR count). The molecule has 3 unspecified atom stereocenters. The van der Waals surface area contributed by atoms with Crippen LogP contribution in [0.15, 0.2) is 85.1 Å². The molecule has 0 aromatic heterocycles. The molecule has 0 aliphatic heterocycles. The van der Waals surface area contributed by atoms with Gasteiger partial charge in [-0.1, -0.05) is 305 Å². The summed E-state index contributed by atoms with van der Waals surface area (Å²) in [5.41, 5.74) is 0.